The van der Waals surface area contributed by atoms with Crippen molar-refractivity contribution in [1.29, 1.82) is 0 Å². The van der Waals surface area contributed by atoms with Gasteiger partial charge >= 0.3 is 5.97 Å². The van der Waals surface area contributed by atoms with Gasteiger partial charge < -0.3 is 15.2 Å². The summed E-state index contributed by atoms with van der Waals surface area (Å²) in [6.45, 7) is 2.75. The van der Waals surface area contributed by atoms with Crippen molar-refractivity contribution in [3.63, 3.8) is 0 Å². The highest BCUT2D eigenvalue weighted by molar-refractivity contribution is 5.72. The Morgan fingerprint density at radius 2 is 2.14 bits per heavy atom. The number of aliphatic carboxylic acids is 1. The van der Waals surface area contributed by atoms with E-state index in [1.165, 1.54) is 12.0 Å². The molecule has 1 aromatic rings. The first-order valence-electron chi connectivity index (χ1n) is 7.70. The van der Waals surface area contributed by atoms with Crippen molar-refractivity contribution in [2.75, 3.05) is 7.11 Å². The van der Waals surface area contributed by atoms with Gasteiger partial charge in [-0.1, -0.05) is 12.1 Å². The lowest BCUT2D eigenvalue weighted by Crippen LogP contribution is -2.43. The largest absolute Gasteiger partial charge is 0.496 e. The second-order valence-corrected chi connectivity index (χ2v) is 6.41. The number of hydrogen-bond acceptors (Lipinski definition) is 3. The van der Waals surface area contributed by atoms with E-state index in [9.17, 15) is 9.90 Å². The molecule has 21 heavy (non-hydrogen) atoms. The van der Waals surface area contributed by atoms with Crippen molar-refractivity contribution in [3.05, 3.63) is 29.3 Å². The quantitative estimate of drug-likeness (QED) is 0.875. The number of aryl methyl sites for hydroxylation is 1. The average Bonchev–Trinajstić information content (AvgIpc) is 3.05. The smallest absolute Gasteiger partial charge is 0.308 e. The Bertz CT molecular complexity index is 543. The predicted octanol–water partition coefficient (Wildman–Crippen LogP) is 2.59. The Morgan fingerprint density at radius 1 is 1.38 bits per heavy atom. The molecule has 4 unspecified atom stereocenters. The zero-order valence-electron chi connectivity index (χ0n) is 12.6. The van der Waals surface area contributed by atoms with Gasteiger partial charge in [-0.3, -0.25) is 4.79 Å². The third kappa shape index (κ3) is 2.64. The zero-order chi connectivity index (χ0) is 15.0. The van der Waals surface area contributed by atoms with E-state index in [0.717, 1.165) is 30.7 Å². The number of rotatable bonds is 5. The van der Waals surface area contributed by atoms with Gasteiger partial charge in [0, 0.05) is 12.6 Å². The summed E-state index contributed by atoms with van der Waals surface area (Å²) in [4.78, 5) is 11.5. The van der Waals surface area contributed by atoms with Crippen molar-refractivity contribution < 1.29 is 14.6 Å². The van der Waals surface area contributed by atoms with Crippen LogP contribution in [0.25, 0.3) is 0 Å². The molecule has 2 aliphatic carbocycles. The van der Waals surface area contributed by atoms with Crippen LogP contribution in [-0.4, -0.2) is 24.2 Å². The maximum Gasteiger partial charge on any atom is 0.308 e. The number of carboxylic acids is 1. The number of ether oxygens (including phenoxy) is 1. The van der Waals surface area contributed by atoms with Gasteiger partial charge in [-0.2, -0.15) is 0 Å². The third-order valence-corrected chi connectivity index (χ3v) is 5.20. The van der Waals surface area contributed by atoms with Crippen LogP contribution in [0, 0.1) is 24.7 Å². The highest BCUT2D eigenvalue weighted by Crippen LogP contribution is 2.48. The van der Waals surface area contributed by atoms with Gasteiger partial charge in [0.2, 0.25) is 0 Å². The van der Waals surface area contributed by atoms with Crippen LogP contribution in [0.2, 0.25) is 0 Å². The molecule has 114 valence electrons. The molecule has 0 aromatic heterocycles. The van der Waals surface area contributed by atoms with E-state index in [1.807, 2.05) is 19.1 Å². The van der Waals surface area contributed by atoms with E-state index in [4.69, 9.17) is 4.74 Å². The van der Waals surface area contributed by atoms with Crippen LogP contribution >= 0.6 is 0 Å². The van der Waals surface area contributed by atoms with Crippen LogP contribution < -0.4 is 10.1 Å². The third-order valence-electron chi connectivity index (χ3n) is 5.20. The normalized spacial score (nSPS) is 30.6. The van der Waals surface area contributed by atoms with Crippen LogP contribution in [0.15, 0.2) is 18.2 Å². The predicted molar refractivity (Wildman–Crippen MR) is 80.3 cm³/mol. The molecule has 4 heteroatoms. The molecule has 1 aromatic carbocycles. The standard InChI is InChI=1S/C17H23NO3/c1-10-7-11(3-6-14(10)21-2)9-18-16-13-5-4-12(8-13)15(16)17(19)20/h3,6-7,12-13,15-16,18H,4-5,8-9H2,1-2H3,(H,19,20). The van der Waals surface area contributed by atoms with Gasteiger partial charge in [0.1, 0.15) is 5.75 Å². The average molecular weight is 289 g/mol. The minimum absolute atomic E-state index is 0.128. The second-order valence-electron chi connectivity index (χ2n) is 6.41. The van der Waals surface area contributed by atoms with E-state index in [0.29, 0.717) is 11.8 Å². The van der Waals surface area contributed by atoms with Crippen LogP contribution in [0.4, 0.5) is 0 Å². The number of carboxylic acid groups (broad SMARTS) is 1. The van der Waals surface area contributed by atoms with Crippen molar-refractivity contribution in [3.8, 4) is 5.75 Å². The number of fused-ring (bicyclic) bond motifs is 2. The van der Waals surface area contributed by atoms with Crippen LogP contribution in [-0.2, 0) is 11.3 Å². The number of nitrogens with one attached hydrogen (secondary N) is 1. The minimum Gasteiger partial charge on any atom is -0.496 e. The minimum atomic E-state index is -0.634. The molecule has 0 aliphatic heterocycles. The Morgan fingerprint density at radius 3 is 2.81 bits per heavy atom. The Kier molecular flexibility index (Phi) is 3.89. The molecule has 0 radical (unpaired) electrons. The summed E-state index contributed by atoms with van der Waals surface area (Å²) in [6, 6.07) is 6.25. The molecule has 4 nitrogen and oxygen atoms in total. The van der Waals surface area contributed by atoms with E-state index >= 15 is 0 Å². The van der Waals surface area contributed by atoms with Gasteiger partial charge in [-0.05, 0) is 55.2 Å². The van der Waals surface area contributed by atoms with Gasteiger partial charge in [0.25, 0.3) is 0 Å². The lowest BCUT2D eigenvalue weighted by atomic mass is 9.84. The van der Waals surface area contributed by atoms with E-state index < -0.39 is 5.97 Å². The lowest BCUT2D eigenvalue weighted by Gasteiger charge is -2.29. The van der Waals surface area contributed by atoms with Gasteiger partial charge in [0.15, 0.2) is 0 Å². The molecule has 2 N–H and O–H groups in total. The summed E-state index contributed by atoms with van der Waals surface area (Å²) in [5.41, 5.74) is 2.29. The fraction of sp³-hybridized carbons (Fsp3) is 0.588. The van der Waals surface area contributed by atoms with E-state index in [-0.39, 0.29) is 12.0 Å². The summed E-state index contributed by atoms with van der Waals surface area (Å²) in [7, 11) is 1.67. The molecular formula is C17H23NO3. The summed E-state index contributed by atoms with van der Waals surface area (Å²) in [5, 5.41) is 13.0. The highest BCUT2D eigenvalue weighted by atomic mass is 16.5. The van der Waals surface area contributed by atoms with Crippen molar-refractivity contribution in [2.45, 2.75) is 38.8 Å². The van der Waals surface area contributed by atoms with Crippen LogP contribution in [0.5, 0.6) is 5.75 Å². The zero-order valence-corrected chi connectivity index (χ0v) is 12.6. The van der Waals surface area contributed by atoms with Crippen molar-refractivity contribution in [2.24, 2.45) is 17.8 Å². The highest BCUT2D eigenvalue weighted by Gasteiger charge is 2.50. The topological polar surface area (TPSA) is 58.6 Å². The monoisotopic (exact) mass is 289 g/mol. The van der Waals surface area contributed by atoms with E-state index in [1.54, 1.807) is 7.11 Å². The molecule has 0 heterocycles. The number of benzene rings is 1. The first-order valence-corrected chi connectivity index (χ1v) is 7.70. The number of hydrogen-bond donors (Lipinski definition) is 2. The van der Waals surface area contributed by atoms with Gasteiger partial charge in [0.05, 0.1) is 13.0 Å². The molecule has 0 saturated heterocycles. The summed E-state index contributed by atoms with van der Waals surface area (Å²) < 4.78 is 5.27. The van der Waals surface area contributed by atoms with Crippen LogP contribution in [0.3, 0.4) is 0 Å². The molecular weight excluding hydrogens is 266 g/mol. The number of methoxy groups -OCH3 is 1. The second kappa shape index (κ2) is 5.68. The molecule has 2 aliphatic rings. The van der Waals surface area contributed by atoms with E-state index in [2.05, 4.69) is 11.4 Å². The molecule has 2 fully saturated rings. The molecule has 2 saturated carbocycles. The first-order chi connectivity index (χ1) is 10.1. The SMILES string of the molecule is COc1ccc(CNC2C3CCC(C3)C2C(=O)O)cc1C. The Hall–Kier alpha value is -1.55. The van der Waals surface area contributed by atoms with Crippen molar-refractivity contribution >= 4 is 5.97 Å². The maximum absolute atomic E-state index is 11.5. The van der Waals surface area contributed by atoms with Crippen molar-refractivity contribution in [1.82, 2.24) is 5.32 Å². The Labute approximate surface area is 125 Å². The summed E-state index contributed by atoms with van der Waals surface area (Å²) in [5.74, 6) is 0.967. The number of carbonyl (C=O) groups is 1. The molecule has 0 amide bonds. The van der Waals surface area contributed by atoms with Gasteiger partial charge in [-0.15, -0.1) is 0 Å². The maximum atomic E-state index is 11.5. The molecule has 2 bridgehead atoms. The Balaban J connectivity index is 1.67. The lowest BCUT2D eigenvalue weighted by molar-refractivity contribution is -0.144. The van der Waals surface area contributed by atoms with Crippen LogP contribution in [0.1, 0.15) is 30.4 Å². The molecule has 3 rings (SSSR count). The van der Waals surface area contributed by atoms with Gasteiger partial charge in [-0.25, -0.2) is 0 Å². The summed E-state index contributed by atoms with van der Waals surface area (Å²) >= 11 is 0. The first kappa shape index (κ1) is 14.4. The molecule has 0 spiro atoms. The molecule has 4 atom stereocenters. The fourth-order valence-electron chi connectivity index (χ4n) is 4.23. The summed E-state index contributed by atoms with van der Waals surface area (Å²) in [6.07, 6.45) is 3.34. The fourth-order valence-corrected chi connectivity index (χ4v) is 4.23.